The van der Waals surface area contributed by atoms with Gasteiger partial charge in [-0.3, -0.25) is 29.0 Å². The third kappa shape index (κ3) is 3.14. The van der Waals surface area contributed by atoms with Crippen molar-refractivity contribution in [3.8, 4) is 0 Å². The Labute approximate surface area is 143 Å². The van der Waals surface area contributed by atoms with Crippen LogP contribution in [-0.4, -0.2) is 51.2 Å². The number of amides is 4. The smallest absolute Gasteiger partial charge is 0.290 e. The molecule has 2 saturated heterocycles. The summed E-state index contributed by atoms with van der Waals surface area (Å²) >= 11 is 0.907. The third-order valence-electron chi connectivity index (χ3n) is 4.06. The number of imide groups is 2. The highest BCUT2D eigenvalue weighted by atomic mass is 32.2. The topological polar surface area (TPSA) is 86.8 Å². The number of likely N-dealkylation sites (tertiary alicyclic amines) is 1. The molecule has 0 saturated carbocycles. The summed E-state index contributed by atoms with van der Waals surface area (Å²) in [6, 6.07) is 7.50. The van der Waals surface area contributed by atoms with Crippen LogP contribution in [-0.2, 0) is 14.4 Å². The van der Waals surface area contributed by atoms with Gasteiger partial charge in [0, 0.05) is 31.6 Å². The van der Waals surface area contributed by atoms with E-state index in [0.717, 1.165) is 32.8 Å². The number of carbonyl (C=O) groups is 4. The van der Waals surface area contributed by atoms with Gasteiger partial charge in [0.2, 0.25) is 11.8 Å². The summed E-state index contributed by atoms with van der Waals surface area (Å²) < 4.78 is 0. The molecule has 2 heterocycles. The van der Waals surface area contributed by atoms with Crippen LogP contribution in [0.4, 0.5) is 10.5 Å². The van der Waals surface area contributed by atoms with Gasteiger partial charge < -0.3 is 5.32 Å². The molecule has 0 aliphatic carbocycles. The maximum absolute atomic E-state index is 12.4. The van der Waals surface area contributed by atoms with E-state index in [2.05, 4.69) is 5.32 Å². The van der Waals surface area contributed by atoms with Crippen LogP contribution in [0.2, 0.25) is 0 Å². The summed E-state index contributed by atoms with van der Waals surface area (Å²) in [5.74, 6) is -0.852. The van der Waals surface area contributed by atoms with Crippen molar-refractivity contribution in [1.82, 2.24) is 9.80 Å². The molecule has 1 aromatic carbocycles. The lowest BCUT2D eigenvalue weighted by atomic mass is 10.2. The number of rotatable bonds is 5. The van der Waals surface area contributed by atoms with Crippen LogP contribution in [0.1, 0.15) is 18.4 Å². The van der Waals surface area contributed by atoms with E-state index < -0.39 is 5.37 Å². The zero-order chi connectivity index (χ0) is 17.3. The predicted molar refractivity (Wildman–Crippen MR) is 89.2 cm³/mol. The highest BCUT2D eigenvalue weighted by Crippen LogP contribution is 2.29. The number of aryl methyl sites for hydroxylation is 1. The van der Waals surface area contributed by atoms with Crippen LogP contribution < -0.4 is 5.32 Å². The van der Waals surface area contributed by atoms with Crippen LogP contribution in [0, 0.1) is 6.92 Å². The first-order chi connectivity index (χ1) is 11.5. The molecule has 8 heteroatoms. The summed E-state index contributed by atoms with van der Waals surface area (Å²) in [5, 5.41) is 2.01. The summed E-state index contributed by atoms with van der Waals surface area (Å²) in [6.07, 6.45) is 0.403. The molecular formula is C16H17N3O4S. The van der Waals surface area contributed by atoms with Crippen molar-refractivity contribution < 1.29 is 19.2 Å². The average Bonchev–Trinajstić information content (AvgIpc) is 3.00. The Morgan fingerprint density at radius 3 is 2.33 bits per heavy atom. The SMILES string of the molecule is Cc1ccccc1N[C@@H]1SC(=O)N(CCN2C(=O)CCC2=O)C1=O. The molecule has 1 N–H and O–H groups in total. The van der Waals surface area contributed by atoms with E-state index in [0.29, 0.717) is 0 Å². The summed E-state index contributed by atoms with van der Waals surface area (Å²) in [6.45, 7) is 2.01. The molecule has 1 atom stereocenters. The summed E-state index contributed by atoms with van der Waals surface area (Å²) in [4.78, 5) is 49.9. The van der Waals surface area contributed by atoms with Crippen LogP contribution in [0.3, 0.4) is 0 Å². The number of nitrogens with one attached hydrogen (secondary N) is 1. The third-order valence-corrected chi connectivity index (χ3v) is 5.04. The van der Waals surface area contributed by atoms with Gasteiger partial charge in [-0.15, -0.1) is 0 Å². The molecular weight excluding hydrogens is 330 g/mol. The monoisotopic (exact) mass is 347 g/mol. The van der Waals surface area contributed by atoms with Crippen LogP contribution in [0.15, 0.2) is 24.3 Å². The largest absolute Gasteiger partial charge is 0.365 e. The summed E-state index contributed by atoms with van der Waals surface area (Å²) in [7, 11) is 0. The quantitative estimate of drug-likeness (QED) is 0.814. The number of benzene rings is 1. The minimum atomic E-state index is -0.691. The molecule has 1 aromatic rings. The van der Waals surface area contributed by atoms with Gasteiger partial charge in [-0.05, 0) is 30.3 Å². The van der Waals surface area contributed by atoms with Gasteiger partial charge in [0.1, 0.15) is 0 Å². The fourth-order valence-corrected chi connectivity index (χ4v) is 3.61. The molecule has 7 nitrogen and oxygen atoms in total. The fourth-order valence-electron chi connectivity index (χ4n) is 2.69. The standard InChI is InChI=1S/C16H17N3O4S/c1-10-4-2-3-5-11(10)17-14-15(22)19(16(23)24-14)9-8-18-12(20)6-7-13(18)21/h2-5,14,17H,6-9H2,1H3/t14-/m1/s1. The van der Waals surface area contributed by atoms with Gasteiger partial charge in [-0.25, -0.2) is 0 Å². The van der Waals surface area contributed by atoms with E-state index in [4.69, 9.17) is 0 Å². The lowest BCUT2D eigenvalue weighted by molar-refractivity contribution is -0.139. The number of carbonyl (C=O) groups excluding carboxylic acids is 4. The second-order valence-electron chi connectivity index (χ2n) is 5.65. The van der Waals surface area contributed by atoms with Crippen molar-refractivity contribution >= 4 is 40.4 Å². The van der Waals surface area contributed by atoms with Gasteiger partial charge in [0.15, 0.2) is 5.37 Å². The van der Waals surface area contributed by atoms with Crippen LogP contribution in [0.5, 0.6) is 0 Å². The van der Waals surface area contributed by atoms with Crippen molar-refractivity contribution in [1.29, 1.82) is 0 Å². The minimum Gasteiger partial charge on any atom is -0.365 e. The maximum Gasteiger partial charge on any atom is 0.290 e. The fraction of sp³-hybridized carbons (Fsp3) is 0.375. The van der Waals surface area contributed by atoms with E-state index in [9.17, 15) is 19.2 Å². The number of hydrogen-bond acceptors (Lipinski definition) is 6. The molecule has 3 rings (SSSR count). The first-order valence-electron chi connectivity index (χ1n) is 7.65. The zero-order valence-corrected chi connectivity index (χ0v) is 14.0. The maximum atomic E-state index is 12.4. The van der Waals surface area contributed by atoms with Crippen molar-refractivity contribution in [2.45, 2.75) is 25.1 Å². The normalized spacial score (nSPS) is 21.1. The first-order valence-corrected chi connectivity index (χ1v) is 8.52. The predicted octanol–water partition coefficient (Wildman–Crippen LogP) is 1.58. The van der Waals surface area contributed by atoms with Crippen molar-refractivity contribution in [3.05, 3.63) is 29.8 Å². The number of para-hydroxylation sites is 1. The highest BCUT2D eigenvalue weighted by Gasteiger charge is 2.40. The average molecular weight is 347 g/mol. The number of hydrogen-bond donors (Lipinski definition) is 1. The molecule has 24 heavy (non-hydrogen) atoms. The Hall–Kier alpha value is -2.35. The lowest BCUT2D eigenvalue weighted by Gasteiger charge is -2.19. The Morgan fingerprint density at radius 1 is 1.04 bits per heavy atom. The summed E-state index contributed by atoms with van der Waals surface area (Å²) in [5.41, 5.74) is 1.77. The van der Waals surface area contributed by atoms with Crippen molar-refractivity contribution in [2.75, 3.05) is 18.4 Å². The molecule has 2 fully saturated rings. The molecule has 0 aromatic heterocycles. The van der Waals surface area contributed by atoms with Gasteiger partial charge in [-0.1, -0.05) is 18.2 Å². The van der Waals surface area contributed by atoms with E-state index in [1.54, 1.807) is 0 Å². The van der Waals surface area contributed by atoms with Crippen molar-refractivity contribution in [2.24, 2.45) is 0 Å². The molecule has 126 valence electrons. The minimum absolute atomic E-state index is 0.0358. The highest BCUT2D eigenvalue weighted by molar-refractivity contribution is 8.15. The van der Waals surface area contributed by atoms with Crippen LogP contribution >= 0.6 is 11.8 Å². The molecule has 2 aliphatic rings. The Morgan fingerprint density at radius 2 is 1.67 bits per heavy atom. The van der Waals surface area contributed by atoms with Gasteiger partial charge in [-0.2, -0.15) is 0 Å². The number of anilines is 1. The van der Waals surface area contributed by atoms with E-state index in [1.165, 1.54) is 0 Å². The van der Waals surface area contributed by atoms with Gasteiger partial charge in [0.25, 0.3) is 11.1 Å². The van der Waals surface area contributed by atoms with Crippen molar-refractivity contribution in [3.63, 3.8) is 0 Å². The first kappa shape index (κ1) is 16.5. The van der Waals surface area contributed by atoms with Crippen LogP contribution in [0.25, 0.3) is 0 Å². The lowest BCUT2D eigenvalue weighted by Crippen LogP contribution is -2.41. The van der Waals surface area contributed by atoms with E-state index in [-0.39, 0.29) is 48.9 Å². The second-order valence-corrected chi connectivity index (χ2v) is 6.71. The molecule has 0 spiro atoms. The zero-order valence-electron chi connectivity index (χ0n) is 13.2. The van der Waals surface area contributed by atoms with Gasteiger partial charge >= 0.3 is 0 Å². The van der Waals surface area contributed by atoms with E-state index >= 15 is 0 Å². The Bertz CT molecular complexity index is 705. The van der Waals surface area contributed by atoms with Gasteiger partial charge in [0.05, 0.1) is 0 Å². The molecule has 0 bridgehead atoms. The van der Waals surface area contributed by atoms with E-state index in [1.807, 2.05) is 31.2 Å². The molecule has 4 amide bonds. The molecule has 0 radical (unpaired) electrons. The second kappa shape index (κ2) is 6.64. The molecule has 0 unspecified atom stereocenters. The number of nitrogens with zero attached hydrogens (tertiary/aromatic N) is 2. The Kier molecular flexibility index (Phi) is 4.57. The molecule has 2 aliphatic heterocycles. The Balaban J connectivity index is 1.63. The number of thioether (sulfide) groups is 1.